The summed E-state index contributed by atoms with van der Waals surface area (Å²) < 4.78 is 1.90. The fourth-order valence-corrected chi connectivity index (χ4v) is 3.45. The second-order valence-electron chi connectivity index (χ2n) is 4.72. The molecular formula is C11H17N5S. The first-order chi connectivity index (χ1) is 8.28. The molecule has 0 atom stereocenters. The van der Waals surface area contributed by atoms with E-state index in [4.69, 9.17) is 5.73 Å². The molecule has 5 nitrogen and oxygen atoms in total. The lowest BCUT2D eigenvalue weighted by atomic mass is 9.87. The Morgan fingerprint density at radius 3 is 2.76 bits per heavy atom. The van der Waals surface area contributed by atoms with E-state index in [1.165, 1.54) is 5.01 Å². The average molecular weight is 251 g/mol. The molecule has 0 saturated heterocycles. The van der Waals surface area contributed by atoms with Gasteiger partial charge in [0, 0.05) is 18.4 Å². The molecule has 3 rings (SSSR count). The first-order valence-electron chi connectivity index (χ1n) is 6.24. The van der Waals surface area contributed by atoms with E-state index in [2.05, 4.69) is 22.2 Å². The lowest BCUT2D eigenvalue weighted by Gasteiger charge is -2.23. The molecule has 2 heterocycles. The maximum Gasteiger partial charge on any atom is 0.234 e. The molecular weight excluding hydrogens is 234 g/mol. The number of fused-ring (bicyclic) bond motifs is 1. The van der Waals surface area contributed by atoms with Crippen LogP contribution in [0.15, 0.2) is 0 Å². The standard InChI is InChI=1S/C11H17N5S/c1-2-9-13-14-11-16(9)15-10(17-11)7-3-5-8(12)6-4-7/h7-8H,2-6,12H2,1H3. The van der Waals surface area contributed by atoms with Crippen molar-refractivity contribution in [2.24, 2.45) is 5.73 Å². The molecule has 17 heavy (non-hydrogen) atoms. The van der Waals surface area contributed by atoms with Gasteiger partial charge >= 0.3 is 0 Å². The van der Waals surface area contributed by atoms with E-state index in [-0.39, 0.29) is 0 Å². The molecule has 92 valence electrons. The van der Waals surface area contributed by atoms with E-state index >= 15 is 0 Å². The summed E-state index contributed by atoms with van der Waals surface area (Å²) in [6.45, 7) is 2.08. The SMILES string of the molecule is CCc1nnc2sc(C3CCC(N)CC3)nn12. The highest BCUT2D eigenvalue weighted by molar-refractivity contribution is 7.16. The first kappa shape index (κ1) is 11.1. The van der Waals surface area contributed by atoms with Crippen LogP contribution in [-0.4, -0.2) is 25.9 Å². The highest BCUT2D eigenvalue weighted by atomic mass is 32.1. The predicted molar refractivity (Wildman–Crippen MR) is 67.2 cm³/mol. The van der Waals surface area contributed by atoms with Gasteiger partial charge in [-0.25, -0.2) is 0 Å². The molecule has 1 aliphatic rings. The number of nitrogens with two attached hydrogens (primary N) is 1. The number of nitrogens with zero attached hydrogens (tertiary/aromatic N) is 4. The molecule has 2 N–H and O–H groups in total. The van der Waals surface area contributed by atoms with Crippen molar-refractivity contribution in [2.45, 2.75) is 51.0 Å². The van der Waals surface area contributed by atoms with Crippen LogP contribution in [0, 0.1) is 0 Å². The Balaban J connectivity index is 1.88. The molecule has 2 aromatic rings. The van der Waals surface area contributed by atoms with E-state index in [0.29, 0.717) is 12.0 Å². The number of hydrogen-bond donors (Lipinski definition) is 1. The molecule has 0 aromatic carbocycles. The van der Waals surface area contributed by atoms with Crippen LogP contribution in [0.25, 0.3) is 4.96 Å². The molecule has 0 unspecified atom stereocenters. The average Bonchev–Trinajstić information content (AvgIpc) is 2.89. The molecule has 0 bridgehead atoms. The molecule has 2 aromatic heterocycles. The van der Waals surface area contributed by atoms with Gasteiger partial charge in [0.15, 0.2) is 5.82 Å². The third-order valence-corrected chi connectivity index (χ3v) is 4.57. The highest BCUT2D eigenvalue weighted by Crippen LogP contribution is 2.34. The van der Waals surface area contributed by atoms with Gasteiger partial charge in [0.2, 0.25) is 4.96 Å². The summed E-state index contributed by atoms with van der Waals surface area (Å²) in [6.07, 6.45) is 5.43. The largest absolute Gasteiger partial charge is 0.328 e. The Morgan fingerprint density at radius 1 is 1.29 bits per heavy atom. The summed E-state index contributed by atoms with van der Waals surface area (Å²) >= 11 is 1.68. The third kappa shape index (κ3) is 1.95. The number of rotatable bonds is 2. The minimum atomic E-state index is 0.392. The summed E-state index contributed by atoms with van der Waals surface area (Å²) in [5.41, 5.74) is 5.93. The van der Waals surface area contributed by atoms with E-state index in [1.807, 2.05) is 4.52 Å². The van der Waals surface area contributed by atoms with Crippen LogP contribution in [0.4, 0.5) is 0 Å². The van der Waals surface area contributed by atoms with Gasteiger partial charge in [0.05, 0.1) is 0 Å². The van der Waals surface area contributed by atoms with E-state index in [0.717, 1.165) is 42.9 Å². The number of aryl methyl sites for hydroxylation is 1. The van der Waals surface area contributed by atoms with Crippen LogP contribution in [0.5, 0.6) is 0 Å². The number of hydrogen-bond acceptors (Lipinski definition) is 5. The van der Waals surface area contributed by atoms with Crippen LogP contribution in [0.2, 0.25) is 0 Å². The van der Waals surface area contributed by atoms with Crippen LogP contribution in [-0.2, 0) is 6.42 Å². The second kappa shape index (κ2) is 4.34. The predicted octanol–water partition coefficient (Wildman–Crippen LogP) is 1.73. The molecule has 1 fully saturated rings. The topological polar surface area (TPSA) is 69.1 Å². The van der Waals surface area contributed by atoms with Gasteiger partial charge in [0.25, 0.3) is 0 Å². The second-order valence-corrected chi connectivity index (χ2v) is 5.70. The zero-order chi connectivity index (χ0) is 11.8. The molecule has 6 heteroatoms. The van der Waals surface area contributed by atoms with Crippen molar-refractivity contribution < 1.29 is 0 Å². The van der Waals surface area contributed by atoms with Crippen molar-refractivity contribution in [1.82, 2.24) is 19.8 Å². The Morgan fingerprint density at radius 2 is 2.06 bits per heavy atom. The van der Waals surface area contributed by atoms with Crippen LogP contribution < -0.4 is 5.73 Å². The van der Waals surface area contributed by atoms with Gasteiger partial charge in [-0.1, -0.05) is 18.3 Å². The Bertz CT molecular complexity index is 509. The zero-order valence-corrected chi connectivity index (χ0v) is 10.8. The molecule has 1 aliphatic carbocycles. The summed E-state index contributed by atoms with van der Waals surface area (Å²) in [4.78, 5) is 0.923. The van der Waals surface area contributed by atoms with Crippen molar-refractivity contribution in [1.29, 1.82) is 0 Å². The molecule has 1 saturated carbocycles. The molecule has 0 aliphatic heterocycles. The Kier molecular flexibility index (Phi) is 2.84. The summed E-state index contributed by atoms with van der Waals surface area (Å²) in [7, 11) is 0. The molecule has 0 amide bonds. The quantitative estimate of drug-likeness (QED) is 0.882. The third-order valence-electron chi connectivity index (χ3n) is 3.51. The van der Waals surface area contributed by atoms with Gasteiger partial charge < -0.3 is 5.73 Å². The van der Waals surface area contributed by atoms with Crippen molar-refractivity contribution in [3.05, 3.63) is 10.8 Å². The van der Waals surface area contributed by atoms with Gasteiger partial charge in [-0.15, -0.1) is 10.2 Å². The van der Waals surface area contributed by atoms with E-state index < -0.39 is 0 Å². The van der Waals surface area contributed by atoms with Gasteiger partial charge in [-0.05, 0) is 25.7 Å². The summed E-state index contributed by atoms with van der Waals surface area (Å²) in [5, 5.41) is 14.1. The Hall–Kier alpha value is -1.01. The fourth-order valence-electron chi connectivity index (χ4n) is 2.42. The first-order valence-corrected chi connectivity index (χ1v) is 7.06. The molecule has 0 spiro atoms. The van der Waals surface area contributed by atoms with Gasteiger partial charge in [-0.2, -0.15) is 9.61 Å². The van der Waals surface area contributed by atoms with Crippen molar-refractivity contribution >= 4 is 16.3 Å². The molecule has 0 radical (unpaired) electrons. The summed E-state index contributed by atoms with van der Waals surface area (Å²) in [6, 6.07) is 0.392. The van der Waals surface area contributed by atoms with Crippen molar-refractivity contribution in [3.63, 3.8) is 0 Å². The van der Waals surface area contributed by atoms with Gasteiger partial charge in [0.1, 0.15) is 5.01 Å². The van der Waals surface area contributed by atoms with Gasteiger partial charge in [-0.3, -0.25) is 0 Å². The lowest BCUT2D eigenvalue weighted by molar-refractivity contribution is 0.393. The Labute approximate surface area is 104 Å². The fraction of sp³-hybridized carbons (Fsp3) is 0.727. The van der Waals surface area contributed by atoms with Crippen LogP contribution >= 0.6 is 11.3 Å². The van der Waals surface area contributed by atoms with Crippen molar-refractivity contribution in [3.8, 4) is 0 Å². The van der Waals surface area contributed by atoms with E-state index in [9.17, 15) is 0 Å². The zero-order valence-electron chi connectivity index (χ0n) is 9.96. The lowest BCUT2D eigenvalue weighted by Crippen LogP contribution is -2.25. The number of aromatic nitrogens is 4. The van der Waals surface area contributed by atoms with E-state index in [1.54, 1.807) is 11.3 Å². The summed E-state index contributed by atoms with van der Waals surface area (Å²) in [5.74, 6) is 1.53. The minimum Gasteiger partial charge on any atom is -0.328 e. The van der Waals surface area contributed by atoms with Crippen molar-refractivity contribution in [2.75, 3.05) is 0 Å². The minimum absolute atomic E-state index is 0.392. The normalized spacial score (nSPS) is 25.5. The highest BCUT2D eigenvalue weighted by Gasteiger charge is 2.24. The van der Waals surface area contributed by atoms with Crippen LogP contribution in [0.3, 0.4) is 0 Å². The smallest absolute Gasteiger partial charge is 0.234 e. The maximum absolute atomic E-state index is 5.93. The monoisotopic (exact) mass is 251 g/mol. The maximum atomic E-state index is 5.93. The van der Waals surface area contributed by atoms with Crippen LogP contribution in [0.1, 0.15) is 49.4 Å².